The maximum atomic E-state index is 13.2. The molecule has 0 amide bonds. The van der Waals surface area contributed by atoms with Crippen LogP contribution < -0.4 is 0 Å². The van der Waals surface area contributed by atoms with Crippen LogP contribution in [-0.4, -0.2) is 29.1 Å². The third-order valence-corrected chi connectivity index (χ3v) is 3.27. The van der Waals surface area contributed by atoms with Crippen molar-refractivity contribution in [1.82, 2.24) is 4.90 Å². The van der Waals surface area contributed by atoms with Gasteiger partial charge in [0.25, 0.3) is 0 Å². The van der Waals surface area contributed by atoms with Gasteiger partial charge in [0.1, 0.15) is 5.82 Å². The number of carbonyl (C=O) groups is 1. The minimum absolute atomic E-state index is 0.128. The van der Waals surface area contributed by atoms with Crippen molar-refractivity contribution in [3.63, 3.8) is 0 Å². The highest BCUT2D eigenvalue weighted by molar-refractivity contribution is 5.66. The van der Waals surface area contributed by atoms with Gasteiger partial charge in [0.15, 0.2) is 0 Å². The summed E-state index contributed by atoms with van der Waals surface area (Å²) in [6.07, 6.45) is 4.72. The Hall–Kier alpha value is -1.42. The van der Waals surface area contributed by atoms with Gasteiger partial charge in [0, 0.05) is 13.1 Å². The van der Waals surface area contributed by atoms with Crippen LogP contribution in [0.3, 0.4) is 0 Å². The molecule has 0 aliphatic heterocycles. The van der Waals surface area contributed by atoms with Crippen molar-refractivity contribution in [3.8, 4) is 0 Å². The van der Waals surface area contributed by atoms with Crippen molar-refractivity contribution < 1.29 is 14.3 Å². The van der Waals surface area contributed by atoms with Gasteiger partial charge in [-0.1, -0.05) is 38.3 Å². The Morgan fingerprint density at radius 3 is 2.70 bits per heavy atom. The topological polar surface area (TPSA) is 40.5 Å². The van der Waals surface area contributed by atoms with Crippen LogP contribution in [0.2, 0.25) is 0 Å². The molecule has 0 aromatic heterocycles. The molecule has 112 valence electrons. The average Bonchev–Trinajstić information content (AvgIpc) is 2.40. The summed E-state index contributed by atoms with van der Waals surface area (Å²) in [5.74, 6) is -1.03. The van der Waals surface area contributed by atoms with Crippen LogP contribution in [0.1, 0.15) is 44.6 Å². The number of carboxylic acids is 1. The Labute approximate surface area is 120 Å². The van der Waals surface area contributed by atoms with Crippen molar-refractivity contribution in [2.45, 2.75) is 45.6 Å². The standard InChI is InChI=1S/C16H24FNO2/c1-2-3-4-5-10-18(11-9-16(19)20)13-14-7-6-8-15(17)12-14/h6-8,12H,2-5,9-11,13H2,1H3,(H,19,20). The Morgan fingerprint density at radius 2 is 2.05 bits per heavy atom. The largest absolute Gasteiger partial charge is 0.481 e. The molecule has 0 fully saturated rings. The van der Waals surface area contributed by atoms with Crippen molar-refractivity contribution in [1.29, 1.82) is 0 Å². The smallest absolute Gasteiger partial charge is 0.304 e. The maximum absolute atomic E-state index is 13.2. The number of hydrogen-bond acceptors (Lipinski definition) is 2. The second-order valence-corrected chi connectivity index (χ2v) is 5.11. The zero-order valence-corrected chi connectivity index (χ0v) is 12.1. The Balaban J connectivity index is 2.49. The van der Waals surface area contributed by atoms with E-state index in [1.807, 2.05) is 6.07 Å². The highest BCUT2D eigenvalue weighted by Gasteiger charge is 2.08. The van der Waals surface area contributed by atoms with E-state index in [2.05, 4.69) is 11.8 Å². The van der Waals surface area contributed by atoms with Gasteiger partial charge in [-0.2, -0.15) is 0 Å². The fourth-order valence-corrected chi connectivity index (χ4v) is 2.18. The molecule has 0 spiro atoms. The molecule has 0 heterocycles. The molecular formula is C16H24FNO2. The lowest BCUT2D eigenvalue weighted by Crippen LogP contribution is -2.27. The SMILES string of the molecule is CCCCCCN(CCC(=O)O)Cc1cccc(F)c1. The second kappa shape index (κ2) is 9.48. The molecule has 0 radical (unpaired) electrons. The predicted molar refractivity (Wildman–Crippen MR) is 78.1 cm³/mol. The van der Waals surface area contributed by atoms with Gasteiger partial charge in [-0.25, -0.2) is 4.39 Å². The molecule has 0 saturated heterocycles. The molecule has 1 rings (SSSR count). The molecule has 0 unspecified atom stereocenters. The number of rotatable bonds is 10. The molecule has 0 aliphatic carbocycles. The van der Waals surface area contributed by atoms with Crippen LogP contribution in [0.5, 0.6) is 0 Å². The minimum Gasteiger partial charge on any atom is -0.481 e. The van der Waals surface area contributed by atoms with Gasteiger partial charge in [-0.15, -0.1) is 0 Å². The minimum atomic E-state index is -0.789. The monoisotopic (exact) mass is 281 g/mol. The summed E-state index contributed by atoms with van der Waals surface area (Å²) >= 11 is 0. The molecular weight excluding hydrogens is 257 g/mol. The first-order valence-corrected chi connectivity index (χ1v) is 7.30. The van der Waals surface area contributed by atoms with Crippen LogP contribution in [0.25, 0.3) is 0 Å². The summed E-state index contributed by atoms with van der Waals surface area (Å²) in [4.78, 5) is 12.8. The molecule has 1 aromatic carbocycles. The molecule has 20 heavy (non-hydrogen) atoms. The summed E-state index contributed by atoms with van der Waals surface area (Å²) < 4.78 is 13.2. The molecule has 0 bridgehead atoms. The van der Waals surface area contributed by atoms with Gasteiger partial charge in [0.2, 0.25) is 0 Å². The molecule has 1 aromatic rings. The summed E-state index contributed by atoms with van der Waals surface area (Å²) in [5, 5.41) is 8.80. The average molecular weight is 281 g/mol. The van der Waals surface area contributed by atoms with E-state index in [1.165, 1.54) is 25.0 Å². The fraction of sp³-hybridized carbons (Fsp3) is 0.562. The van der Waals surface area contributed by atoms with Crippen LogP contribution in [-0.2, 0) is 11.3 Å². The van der Waals surface area contributed by atoms with E-state index >= 15 is 0 Å². The van der Waals surface area contributed by atoms with E-state index in [4.69, 9.17) is 5.11 Å². The number of carboxylic acid groups (broad SMARTS) is 1. The third-order valence-electron chi connectivity index (χ3n) is 3.27. The predicted octanol–water partition coefficient (Wildman–Crippen LogP) is 3.68. The van der Waals surface area contributed by atoms with E-state index in [0.717, 1.165) is 24.9 Å². The number of unbranched alkanes of at least 4 members (excludes halogenated alkanes) is 3. The first-order chi connectivity index (χ1) is 9.61. The molecule has 0 aliphatic rings. The van der Waals surface area contributed by atoms with Gasteiger partial charge < -0.3 is 5.11 Å². The van der Waals surface area contributed by atoms with Gasteiger partial charge >= 0.3 is 5.97 Å². The third kappa shape index (κ3) is 7.24. The van der Waals surface area contributed by atoms with Crippen LogP contribution >= 0.6 is 0 Å². The van der Waals surface area contributed by atoms with E-state index < -0.39 is 5.97 Å². The highest BCUT2D eigenvalue weighted by Crippen LogP contribution is 2.10. The zero-order chi connectivity index (χ0) is 14.8. The van der Waals surface area contributed by atoms with Gasteiger partial charge in [0.05, 0.1) is 6.42 Å². The normalized spacial score (nSPS) is 10.9. The number of nitrogens with zero attached hydrogens (tertiary/aromatic N) is 1. The molecule has 0 atom stereocenters. The highest BCUT2D eigenvalue weighted by atomic mass is 19.1. The van der Waals surface area contributed by atoms with Crippen LogP contribution in [0.15, 0.2) is 24.3 Å². The van der Waals surface area contributed by atoms with Gasteiger partial charge in [-0.05, 0) is 30.7 Å². The number of aliphatic carboxylic acids is 1. The van der Waals surface area contributed by atoms with Crippen molar-refractivity contribution in [3.05, 3.63) is 35.6 Å². The van der Waals surface area contributed by atoms with Crippen LogP contribution in [0.4, 0.5) is 4.39 Å². The van der Waals surface area contributed by atoms with E-state index in [9.17, 15) is 9.18 Å². The summed E-state index contributed by atoms with van der Waals surface area (Å²) in [6.45, 7) is 4.15. The first-order valence-electron chi connectivity index (χ1n) is 7.30. The van der Waals surface area contributed by atoms with Crippen molar-refractivity contribution >= 4 is 5.97 Å². The zero-order valence-electron chi connectivity index (χ0n) is 12.1. The van der Waals surface area contributed by atoms with E-state index in [0.29, 0.717) is 13.1 Å². The molecule has 3 nitrogen and oxygen atoms in total. The van der Waals surface area contributed by atoms with E-state index in [-0.39, 0.29) is 12.2 Å². The fourth-order valence-electron chi connectivity index (χ4n) is 2.18. The van der Waals surface area contributed by atoms with Crippen molar-refractivity contribution in [2.75, 3.05) is 13.1 Å². The van der Waals surface area contributed by atoms with Gasteiger partial charge in [-0.3, -0.25) is 9.69 Å². The Kier molecular flexibility index (Phi) is 7.88. The Bertz CT molecular complexity index is 409. The lowest BCUT2D eigenvalue weighted by molar-refractivity contribution is -0.137. The summed E-state index contributed by atoms with van der Waals surface area (Å²) in [5.41, 5.74) is 0.894. The molecule has 4 heteroatoms. The number of benzene rings is 1. The quantitative estimate of drug-likeness (QED) is 0.665. The van der Waals surface area contributed by atoms with Crippen LogP contribution in [0, 0.1) is 5.82 Å². The van der Waals surface area contributed by atoms with E-state index in [1.54, 1.807) is 6.07 Å². The van der Waals surface area contributed by atoms with Crippen molar-refractivity contribution in [2.24, 2.45) is 0 Å². The molecule has 1 N–H and O–H groups in total. The first kappa shape index (κ1) is 16.6. The summed E-state index contributed by atoms with van der Waals surface area (Å²) in [6, 6.07) is 6.51. The number of hydrogen-bond donors (Lipinski definition) is 1. The lowest BCUT2D eigenvalue weighted by atomic mass is 10.1. The second-order valence-electron chi connectivity index (χ2n) is 5.11. The number of halogens is 1. The maximum Gasteiger partial charge on any atom is 0.304 e. The lowest BCUT2D eigenvalue weighted by Gasteiger charge is -2.21. The Morgan fingerprint density at radius 1 is 1.25 bits per heavy atom. The summed E-state index contributed by atoms with van der Waals surface area (Å²) in [7, 11) is 0. The molecule has 0 saturated carbocycles.